The number of nitrogens with one attached hydrogen (secondary N) is 2. The van der Waals surface area contributed by atoms with Gasteiger partial charge >= 0.3 is 0 Å². The van der Waals surface area contributed by atoms with Gasteiger partial charge in [-0.3, -0.25) is 4.79 Å². The lowest BCUT2D eigenvalue weighted by Gasteiger charge is -2.29. The van der Waals surface area contributed by atoms with Gasteiger partial charge in [0.1, 0.15) is 17.2 Å². The van der Waals surface area contributed by atoms with E-state index in [0.717, 1.165) is 62.2 Å². The van der Waals surface area contributed by atoms with Gasteiger partial charge in [0, 0.05) is 57.9 Å². The third-order valence-electron chi connectivity index (χ3n) is 6.09. The molecule has 1 atom stereocenters. The molecule has 1 aliphatic rings. The van der Waals surface area contributed by atoms with Crippen molar-refractivity contribution in [3.05, 3.63) is 36.3 Å². The summed E-state index contributed by atoms with van der Waals surface area (Å²) in [7, 11) is 3.55. The predicted octanol–water partition coefficient (Wildman–Crippen LogP) is 3.43. The standard InChI is InChI=1S/C24H34N8O/c1-5-6-7-17(2)32-20(23(33)30(3)4)14-18-15-27-24(29-22(18)32)28-21-9-8-19(16-26-21)31-12-10-25-11-13-31/h8-9,14-17,25H,5-7,10-13H2,1-4H3,(H,26,27,28,29). The van der Waals surface area contributed by atoms with Crippen molar-refractivity contribution in [1.29, 1.82) is 0 Å². The smallest absolute Gasteiger partial charge is 0.270 e. The topological polar surface area (TPSA) is 91.2 Å². The van der Waals surface area contributed by atoms with Crippen LogP contribution in [0.25, 0.3) is 11.0 Å². The number of aromatic nitrogens is 4. The Labute approximate surface area is 195 Å². The minimum absolute atomic E-state index is 0.0315. The number of pyridine rings is 1. The lowest BCUT2D eigenvalue weighted by atomic mass is 10.1. The number of amides is 1. The van der Waals surface area contributed by atoms with Crippen LogP contribution in [-0.2, 0) is 0 Å². The van der Waals surface area contributed by atoms with Crippen LogP contribution in [0.3, 0.4) is 0 Å². The van der Waals surface area contributed by atoms with Crippen LogP contribution in [0, 0.1) is 0 Å². The van der Waals surface area contributed by atoms with E-state index in [9.17, 15) is 4.79 Å². The first-order valence-corrected chi connectivity index (χ1v) is 11.8. The molecule has 1 fully saturated rings. The second-order valence-electron chi connectivity index (χ2n) is 8.83. The first kappa shape index (κ1) is 23.0. The molecule has 4 rings (SSSR count). The predicted molar refractivity (Wildman–Crippen MR) is 132 cm³/mol. The quantitative estimate of drug-likeness (QED) is 0.543. The van der Waals surface area contributed by atoms with E-state index in [0.29, 0.717) is 17.5 Å². The van der Waals surface area contributed by atoms with Gasteiger partial charge in [-0.25, -0.2) is 9.97 Å². The van der Waals surface area contributed by atoms with Crippen LogP contribution in [0.15, 0.2) is 30.6 Å². The lowest BCUT2D eigenvalue weighted by molar-refractivity contribution is 0.0815. The van der Waals surface area contributed by atoms with Crippen molar-refractivity contribution in [2.45, 2.75) is 39.2 Å². The Morgan fingerprint density at radius 3 is 2.67 bits per heavy atom. The second kappa shape index (κ2) is 10.2. The van der Waals surface area contributed by atoms with E-state index in [4.69, 9.17) is 4.98 Å². The van der Waals surface area contributed by atoms with E-state index in [1.807, 2.05) is 18.3 Å². The van der Waals surface area contributed by atoms with Crippen molar-refractivity contribution in [1.82, 2.24) is 29.7 Å². The van der Waals surface area contributed by atoms with E-state index in [1.54, 1.807) is 25.2 Å². The van der Waals surface area contributed by atoms with Gasteiger partial charge in [-0.15, -0.1) is 0 Å². The van der Waals surface area contributed by atoms with Crippen LogP contribution >= 0.6 is 0 Å². The van der Waals surface area contributed by atoms with Crippen molar-refractivity contribution in [2.75, 3.05) is 50.5 Å². The van der Waals surface area contributed by atoms with Gasteiger partial charge in [-0.1, -0.05) is 19.8 Å². The van der Waals surface area contributed by atoms with Crippen molar-refractivity contribution in [3.8, 4) is 0 Å². The number of anilines is 3. The summed E-state index contributed by atoms with van der Waals surface area (Å²) in [5.41, 5.74) is 2.52. The van der Waals surface area contributed by atoms with Crippen molar-refractivity contribution >= 4 is 34.4 Å². The van der Waals surface area contributed by atoms with Crippen LogP contribution in [-0.4, -0.2) is 70.6 Å². The summed E-state index contributed by atoms with van der Waals surface area (Å²) in [6.07, 6.45) is 6.84. The largest absolute Gasteiger partial charge is 0.368 e. The van der Waals surface area contributed by atoms with Crippen molar-refractivity contribution in [2.24, 2.45) is 0 Å². The molecule has 9 heteroatoms. The van der Waals surface area contributed by atoms with E-state index in [2.05, 4.69) is 50.0 Å². The van der Waals surface area contributed by atoms with E-state index < -0.39 is 0 Å². The lowest BCUT2D eigenvalue weighted by Crippen LogP contribution is -2.43. The average molecular weight is 451 g/mol. The van der Waals surface area contributed by atoms with Gasteiger partial charge in [-0.2, -0.15) is 4.98 Å². The highest BCUT2D eigenvalue weighted by atomic mass is 16.2. The number of carbonyl (C=O) groups is 1. The van der Waals surface area contributed by atoms with Gasteiger partial charge in [0.2, 0.25) is 5.95 Å². The van der Waals surface area contributed by atoms with Gasteiger partial charge in [0.05, 0.1) is 11.9 Å². The molecular weight excluding hydrogens is 416 g/mol. The SMILES string of the molecule is CCCCC(C)n1c(C(=O)N(C)C)cc2cnc(Nc3ccc(N4CCNCC4)cn3)nc21. The molecule has 0 aromatic carbocycles. The molecule has 176 valence electrons. The molecular formula is C24H34N8O. The van der Waals surface area contributed by atoms with Crippen LogP contribution in [0.1, 0.15) is 49.6 Å². The van der Waals surface area contributed by atoms with Crippen molar-refractivity contribution < 1.29 is 4.79 Å². The Morgan fingerprint density at radius 1 is 1.21 bits per heavy atom. The fourth-order valence-corrected chi connectivity index (χ4v) is 4.22. The van der Waals surface area contributed by atoms with Crippen LogP contribution in [0.5, 0.6) is 0 Å². The first-order chi connectivity index (χ1) is 16.0. The van der Waals surface area contributed by atoms with Gasteiger partial charge in [0.15, 0.2) is 0 Å². The number of nitrogens with zero attached hydrogens (tertiary/aromatic N) is 6. The molecule has 3 aromatic rings. The Hall–Kier alpha value is -3.20. The summed E-state index contributed by atoms with van der Waals surface area (Å²) in [5.74, 6) is 1.13. The zero-order chi connectivity index (χ0) is 23.4. The molecule has 4 heterocycles. The number of piperazine rings is 1. The number of hydrogen-bond acceptors (Lipinski definition) is 7. The number of unbranched alkanes of at least 4 members (excludes halogenated alkanes) is 1. The highest BCUT2D eigenvalue weighted by Crippen LogP contribution is 2.27. The molecule has 1 saturated heterocycles. The van der Waals surface area contributed by atoms with Gasteiger partial charge < -0.3 is 25.0 Å². The molecule has 0 aliphatic carbocycles. The van der Waals surface area contributed by atoms with Gasteiger partial charge in [0.25, 0.3) is 5.91 Å². The minimum atomic E-state index is -0.0315. The number of fused-ring (bicyclic) bond motifs is 1. The molecule has 0 spiro atoms. The summed E-state index contributed by atoms with van der Waals surface area (Å²) < 4.78 is 2.06. The fraction of sp³-hybridized carbons (Fsp3) is 0.500. The third kappa shape index (κ3) is 5.08. The molecule has 1 unspecified atom stereocenters. The molecule has 9 nitrogen and oxygen atoms in total. The summed E-state index contributed by atoms with van der Waals surface area (Å²) in [5, 5.41) is 7.45. The molecule has 0 saturated carbocycles. The third-order valence-corrected chi connectivity index (χ3v) is 6.09. The van der Waals surface area contributed by atoms with Crippen LogP contribution < -0.4 is 15.5 Å². The highest BCUT2D eigenvalue weighted by Gasteiger charge is 2.22. The van der Waals surface area contributed by atoms with E-state index in [1.165, 1.54) is 0 Å². The summed E-state index contributed by atoms with van der Waals surface area (Å²) >= 11 is 0. The fourth-order valence-electron chi connectivity index (χ4n) is 4.22. The maximum atomic E-state index is 12.9. The molecule has 1 aliphatic heterocycles. The Kier molecular flexibility index (Phi) is 7.08. The maximum absolute atomic E-state index is 12.9. The Balaban J connectivity index is 1.61. The number of hydrogen-bond donors (Lipinski definition) is 2. The monoisotopic (exact) mass is 450 g/mol. The Morgan fingerprint density at radius 2 is 2.00 bits per heavy atom. The normalized spacial score (nSPS) is 15.0. The second-order valence-corrected chi connectivity index (χ2v) is 8.83. The molecule has 0 bridgehead atoms. The van der Waals surface area contributed by atoms with E-state index in [-0.39, 0.29) is 11.9 Å². The molecule has 0 radical (unpaired) electrons. The van der Waals surface area contributed by atoms with Crippen molar-refractivity contribution in [3.63, 3.8) is 0 Å². The molecule has 33 heavy (non-hydrogen) atoms. The zero-order valence-corrected chi connectivity index (χ0v) is 20.0. The molecule has 2 N–H and O–H groups in total. The maximum Gasteiger partial charge on any atom is 0.270 e. The van der Waals surface area contributed by atoms with E-state index >= 15 is 0 Å². The first-order valence-electron chi connectivity index (χ1n) is 11.8. The van der Waals surface area contributed by atoms with Crippen LogP contribution in [0.2, 0.25) is 0 Å². The zero-order valence-electron chi connectivity index (χ0n) is 20.0. The molecule has 1 amide bonds. The number of carbonyl (C=O) groups excluding carboxylic acids is 1. The highest BCUT2D eigenvalue weighted by molar-refractivity contribution is 5.97. The average Bonchev–Trinajstić information content (AvgIpc) is 3.21. The summed E-state index contributed by atoms with van der Waals surface area (Å²) in [4.78, 5) is 30.6. The Bertz CT molecular complexity index is 1090. The summed E-state index contributed by atoms with van der Waals surface area (Å²) in [6.45, 7) is 8.26. The van der Waals surface area contributed by atoms with Crippen LogP contribution in [0.4, 0.5) is 17.5 Å². The van der Waals surface area contributed by atoms with Gasteiger partial charge in [-0.05, 0) is 31.5 Å². The minimum Gasteiger partial charge on any atom is -0.368 e. The summed E-state index contributed by atoms with van der Waals surface area (Å²) in [6, 6.07) is 6.07. The number of rotatable bonds is 8. The molecule has 3 aromatic heterocycles.